The molecule has 2 amide bonds. The van der Waals surface area contributed by atoms with Crippen LogP contribution in [0.25, 0.3) is 0 Å². The number of piperidine rings is 1. The number of nitrogens with one attached hydrogen (secondary N) is 2. The smallest absolute Gasteiger partial charge is 0.262 e. The molecule has 2 aromatic carbocycles. The molecule has 1 saturated heterocycles. The summed E-state index contributed by atoms with van der Waals surface area (Å²) in [5, 5.41) is 2.85. The molecule has 1 fully saturated rings. The van der Waals surface area contributed by atoms with Gasteiger partial charge in [-0.15, -0.1) is 0 Å². The summed E-state index contributed by atoms with van der Waals surface area (Å²) in [5.74, 6) is -0.315. The molecule has 0 bridgehead atoms. The maximum Gasteiger partial charge on any atom is 0.262 e. The first-order chi connectivity index (χ1) is 16.1. The predicted molar refractivity (Wildman–Crippen MR) is 131 cm³/mol. The van der Waals surface area contributed by atoms with Gasteiger partial charge in [-0.2, -0.15) is 0 Å². The number of anilines is 1. The fourth-order valence-corrected chi connectivity index (χ4v) is 5.97. The van der Waals surface area contributed by atoms with Crippen molar-refractivity contribution in [3.8, 4) is 0 Å². The van der Waals surface area contributed by atoms with Gasteiger partial charge < -0.3 is 15.0 Å². The van der Waals surface area contributed by atoms with Gasteiger partial charge in [0.1, 0.15) is 0 Å². The Morgan fingerprint density at radius 2 is 1.71 bits per heavy atom. The lowest BCUT2D eigenvalue weighted by molar-refractivity contribution is -0.126. The Hall–Kier alpha value is -2.91. The van der Waals surface area contributed by atoms with Crippen molar-refractivity contribution in [2.75, 3.05) is 38.1 Å². The third-order valence-corrected chi connectivity index (χ3v) is 7.68. The molecule has 0 spiro atoms. The van der Waals surface area contributed by atoms with Crippen molar-refractivity contribution >= 4 is 27.5 Å². The molecule has 2 N–H and O–H groups in total. The largest absolute Gasteiger partial charge is 0.383 e. The van der Waals surface area contributed by atoms with Crippen LogP contribution in [0.1, 0.15) is 39.9 Å². The maximum atomic E-state index is 13.1. The Morgan fingerprint density at radius 3 is 2.32 bits per heavy atom. The lowest BCUT2D eigenvalue weighted by Gasteiger charge is -2.31. The average Bonchev–Trinajstić information content (AvgIpc) is 2.77. The highest BCUT2D eigenvalue weighted by molar-refractivity contribution is 7.92. The van der Waals surface area contributed by atoms with E-state index in [2.05, 4.69) is 10.0 Å². The molecule has 0 saturated carbocycles. The van der Waals surface area contributed by atoms with E-state index in [4.69, 9.17) is 4.74 Å². The van der Waals surface area contributed by atoms with E-state index in [-0.39, 0.29) is 22.6 Å². The van der Waals surface area contributed by atoms with Crippen LogP contribution in [0.15, 0.2) is 41.3 Å². The van der Waals surface area contributed by atoms with Crippen LogP contribution in [-0.2, 0) is 19.6 Å². The monoisotopic (exact) mass is 487 g/mol. The Balaban J connectivity index is 1.67. The van der Waals surface area contributed by atoms with Gasteiger partial charge in [-0.1, -0.05) is 23.8 Å². The molecule has 0 aromatic heterocycles. The van der Waals surface area contributed by atoms with Crippen LogP contribution in [0.5, 0.6) is 0 Å². The molecule has 3 rings (SSSR count). The summed E-state index contributed by atoms with van der Waals surface area (Å²) in [6.45, 7) is 7.35. The maximum absolute atomic E-state index is 13.1. The number of hydrogen-bond acceptors (Lipinski definition) is 5. The minimum absolute atomic E-state index is 0.0118. The number of aryl methyl sites for hydroxylation is 3. The van der Waals surface area contributed by atoms with E-state index < -0.39 is 10.0 Å². The van der Waals surface area contributed by atoms with Crippen LogP contribution < -0.4 is 10.0 Å². The summed E-state index contributed by atoms with van der Waals surface area (Å²) in [4.78, 5) is 27.3. The molecule has 0 aliphatic carbocycles. The normalized spacial score (nSPS) is 14.6. The van der Waals surface area contributed by atoms with E-state index in [1.165, 1.54) is 0 Å². The number of methoxy groups -OCH3 is 1. The van der Waals surface area contributed by atoms with E-state index in [1.54, 1.807) is 50.1 Å². The van der Waals surface area contributed by atoms with E-state index in [0.29, 0.717) is 61.5 Å². The molecule has 9 heteroatoms. The summed E-state index contributed by atoms with van der Waals surface area (Å²) in [6.07, 6.45) is 1.17. The molecule has 0 unspecified atom stereocenters. The Kier molecular flexibility index (Phi) is 8.33. The molecule has 1 aliphatic rings. The van der Waals surface area contributed by atoms with Gasteiger partial charge in [0.2, 0.25) is 5.91 Å². The van der Waals surface area contributed by atoms with Gasteiger partial charge >= 0.3 is 0 Å². The standard InChI is InChI=1S/C25H33N3O5S/c1-17-14-18(2)23(19(3)15-17)34(31,32)27-22-7-5-6-21(16-22)25(30)28-11-8-20(9-12-28)24(29)26-10-13-33-4/h5-7,14-16,20,27H,8-13H2,1-4H3,(H,26,29). The topological polar surface area (TPSA) is 105 Å². The highest BCUT2D eigenvalue weighted by Crippen LogP contribution is 2.25. The van der Waals surface area contributed by atoms with Gasteiger partial charge in [0.05, 0.1) is 11.5 Å². The number of sulfonamides is 1. The number of nitrogens with zero attached hydrogens (tertiary/aromatic N) is 1. The van der Waals surface area contributed by atoms with Crippen molar-refractivity contribution in [3.63, 3.8) is 0 Å². The molecule has 8 nitrogen and oxygen atoms in total. The third kappa shape index (κ3) is 6.15. The number of likely N-dealkylation sites (tertiary alicyclic amines) is 1. The van der Waals surface area contributed by atoms with Crippen molar-refractivity contribution in [1.29, 1.82) is 0 Å². The highest BCUT2D eigenvalue weighted by Gasteiger charge is 2.28. The predicted octanol–water partition coefficient (Wildman–Crippen LogP) is 3.03. The van der Waals surface area contributed by atoms with Crippen molar-refractivity contribution in [3.05, 3.63) is 58.7 Å². The number of rotatable bonds is 8. The molecule has 184 valence electrons. The first-order valence-electron chi connectivity index (χ1n) is 11.4. The highest BCUT2D eigenvalue weighted by atomic mass is 32.2. The lowest BCUT2D eigenvalue weighted by atomic mass is 9.95. The number of hydrogen-bond donors (Lipinski definition) is 2. The van der Waals surface area contributed by atoms with Crippen molar-refractivity contribution in [2.24, 2.45) is 5.92 Å². The SMILES string of the molecule is COCCNC(=O)C1CCN(C(=O)c2cccc(NS(=O)(=O)c3c(C)cc(C)cc3C)c2)CC1. The average molecular weight is 488 g/mol. The summed E-state index contributed by atoms with van der Waals surface area (Å²) in [5.41, 5.74) is 3.08. The van der Waals surface area contributed by atoms with Gasteiger partial charge in [-0.05, 0) is 62.9 Å². The Labute approximate surface area is 201 Å². The molecule has 0 atom stereocenters. The van der Waals surface area contributed by atoms with E-state index in [1.807, 2.05) is 19.1 Å². The molecule has 1 aliphatic heterocycles. The van der Waals surface area contributed by atoms with Crippen molar-refractivity contribution in [2.45, 2.75) is 38.5 Å². The minimum Gasteiger partial charge on any atom is -0.383 e. The zero-order valence-corrected chi connectivity index (χ0v) is 21.0. The van der Waals surface area contributed by atoms with Crippen molar-refractivity contribution < 1.29 is 22.7 Å². The van der Waals surface area contributed by atoms with Gasteiger partial charge in [0, 0.05) is 43.9 Å². The van der Waals surface area contributed by atoms with Crippen LogP contribution in [0, 0.1) is 26.7 Å². The number of carbonyl (C=O) groups is 2. The fourth-order valence-electron chi connectivity index (χ4n) is 4.46. The zero-order chi connectivity index (χ0) is 24.9. The second-order valence-electron chi connectivity index (χ2n) is 8.76. The van der Waals surface area contributed by atoms with Gasteiger partial charge in [-0.3, -0.25) is 14.3 Å². The summed E-state index contributed by atoms with van der Waals surface area (Å²) >= 11 is 0. The third-order valence-electron chi connectivity index (χ3n) is 5.99. The summed E-state index contributed by atoms with van der Waals surface area (Å²) < 4.78 is 33.7. The lowest BCUT2D eigenvalue weighted by Crippen LogP contribution is -2.43. The van der Waals surface area contributed by atoms with E-state index in [0.717, 1.165) is 5.56 Å². The molecular weight excluding hydrogens is 454 g/mol. The molecule has 2 aromatic rings. The minimum atomic E-state index is -3.81. The van der Waals surface area contributed by atoms with Gasteiger partial charge in [0.25, 0.3) is 15.9 Å². The van der Waals surface area contributed by atoms with Crippen LogP contribution in [0.4, 0.5) is 5.69 Å². The number of ether oxygens (including phenoxy) is 1. The molecule has 34 heavy (non-hydrogen) atoms. The molecule has 0 radical (unpaired) electrons. The van der Waals surface area contributed by atoms with E-state index in [9.17, 15) is 18.0 Å². The second-order valence-corrected chi connectivity index (χ2v) is 10.4. The van der Waals surface area contributed by atoms with Gasteiger partial charge in [-0.25, -0.2) is 8.42 Å². The van der Waals surface area contributed by atoms with Crippen LogP contribution in [-0.4, -0.2) is 58.5 Å². The zero-order valence-electron chi connectivity index (χ0n) is 20.2. The summed E-state index contributed by atoms with van der Waals surface area (Å²) in [6, 6.07) is 10.2. The van der Waals surface area contributed by atoms with E-state index >= 15 is 0 Å². The number of carbonyl (C=O) groups excluding carboxylic acids is 2. The van der Waals surface area contributed by atoms with Crippen LogP contribution >= 0.6 is 0 Å². The second kappa shape index (κ2) is 11.0. The Morgan fingerprint density at radius 1 is 1.06 bits per heavy atom. The van der Waals surface area contributed by atoms with Crippen LogP contribution in [0.2, 0.25) is 0 Å². The van der Waals surface area contributed by atoms with Crippen LogP contribution in [0.3, 0.4) is 0 Å². The first-order valence-corrected chi connectivity index (χ1v) is 12.9. The Bertz CT molecular complexity index is 1130. The quantitative estimate of drug-likeness (QED) is 0.557. The number of benzene rings is 2. The molecule has 1 heterocycles. The summed E-state index contributed by atoms with van der Waals surface area (Å²) in [7, 11) is -2.23. The first kappa shape index (κ1) is 25.7. The van der Waals surface area contributed by atoms with Crippen molar-refractivity contribution in [1.82, 2.24) is 10.2 Å². The molecular formula is C25H33N3O5S. The number of amides is 2. The fraction of sp³-hybridized carbons (Fsp3) is 0.440. The van der Waals surface area contributed by atoms with Gasteiger partial charge in [0.15, 0.2) is 0 Å².